The van der Waals surface area contributed by atoms with Gasteiger partial charge in [-0.25, -0.2) is 0 Å². The van der Waals surface area contributed by atoms with Crippen molar-refractivity contribution in [1.82, 2.24) is 4.98 Å². The summed E-state index contributed by atoms with van der Waals surface area (Å²) in [5.74, 6) is 1.58. The Labute approximate surface area is 135 Å². The van der Waals surface area contributed by atoms with Crippen LogP contribution in [0, 0.1) is 3.57 Å². The largest absolute Gasteiger partial charge is 0.437 e. The lowest BCUT2D eigenvalue weighted by atomic mass is 10.3. The van der Waals surface area contributed by atoms with Gasteiger partial charge in [-0.2, -0.15) is 4.98 Å². The molecule has 0 aliphatic rings. The summed E-state index contributed by atoms with van der Waals surface area (Å²) in [6.45, 7) is 2.68. The summed E-state index contributed by atoms with van der Waals surface area (Å²) < 4.78 is 6.79. The number of anilines is 1. The van der Waals surface area contributed by atoms with Crippen LogP contribution in [-0.4, -0.2) is 11.5 Å². The Morgan fingerprint density at radius 2 is 1.89 bits per heavy atom. The first-order valence-corrected chi connectivity index (χ1v) is 7.47. The zero-order valence-electron chi connectivity index (χ0n) is 10.1. The van der Waals surface area contributed by atoms with Crippen molar-refractivity contribution in [3.05, 3.63) is 43.9 Å². The first-order chi connectivity index (χ1) is 9.10. The summed E-state index contributed by atoms with van der Waals surface area (Å²) in [4.78, 5) is 4.28. The zero-order chi connectivity index (χ0) is 13.8. The van der Waals surface area contributed by atoms with Crippen molar-refractivity contribution < 1.29 is 4.74 Å². The van der Waals surface area contributed by atoms with E-state index in [0.717, 1.165) is 10.1 Å². The summed E-state index contributed by atoms with van der Waals surface area (Å²) in [6, 6.07) is 9.24. The predicted molar refractivity (Wildman–Crippen MR) is 87.7 cm³/mol. The molecule has 0 unspecified atom stereocenters. The van der Waals surface area contributed by atoms with E-state index in [9.17, 15) is 0 Å². The van der Waals surface area contributed by atoms with Gasteiger partial charge in [0, 0.05) is 10.1 Å². The summed E-state index contributed by atoms with van der Waals surface area (Å²) in [5.41, 5.74) is 0. The molecule has 0 atom stereocenters. The third kappa shape index (κ3) is 3.87. The van der Waals surface area contributed by atoms with Gasteiger partial charge in [-0.15, -0.1) is 0 Å². The van der Waals surface area contributed by atoms with Crippen LogP contribution in [0.1, 0.15) is 6.92 Å². The SMILES string of the molecule is CCNc1nc(Oc2ccc(I)cc2)c(Cl)cc1Cl. The number of nitrogens with one attached hydrogen (secondary N) is 1. The Morgan fingerprint density at radius 3 is 2.53 bits per heavy atom. The lowest BCUT2D eigenvalue weighted by molar-refractivity contribution is 0.464. The summed E-state index contributed by atoms with van der Waals surface area (Å²) >= 11 is 14.3. The molecule has 1 N–H and O–H groups in total. The van der Waals surface area contributed by atoms with Gasteiger partial charge in [0.2, 0.25) is 5.88 Å². The van der Waals surface area contributed by atoms with Crippen molar-refractivity contribution in [2.45, 2.75) is 6.92 Å². The Balaban J connectivity index is 2.28. The van der Waals surface area contributed by atoms with Crippen LogP contribution in [0.2, 0.25) is 10.0 Å². The monoisotopic (exact) mass is 408 g/mol. The predicted octanol–water partition coefficient (Wildman–Crippen LogP) is 5.22. The second-order valence-electron chi connectivity index (χ2n) is 3.69. The van der Waals surface area contributed by atoms with E-state index >= 15 is 0 Å². The Morgan fingerprint density at radius 1 is 1.21 bits per heavy atom. The van der Waals surface area contributed by atoms with Crippen LogP contribution in [-0.2, 0) is 0 Å². The van der Waals surface area contributed by atoms with Gasteiger partial charge in [0.1, 0.15) is 16.6 Å². The van der Waals surface area contributed by atoms with Gasteiger partial charge in [0.15, 0.2) is 0 Å². The van der Waals surface area contributed by atoms with E-state index < -0.39 is 0 Å². The number of pyridine rings is 1. The van der Waals surface area contributed by atoms with Crippen LogP contribution < -0.4 is 10.1 Å². The molecule has 0 bridgehead atoms. The molecule has 0 spiro atoms. The molecule has 2 rings (SSSR count). The molecule has 0 amide bonds. The van der Waals surface area contributed by atoms with E-state index in [0.29, 0.717) is 27.5 Å². The normalized spacial score (nSPS) is 10.3. The molecule has 100 valence electrons. The first-order valence-electron chi connectivity index (χ1n) is 5.63. The number of hydrogen-bond donors (Lipinski definition) is 1. The number of benzene rings is 1. The lowest BCUT2D eigenvalue weighted by Gasteiger charge is -2.10. The van der Waals surface area contributed by atoms with Gasteiger partial charge in [0.05, 0.1) is 5.02 Å². The van der Waals surface area contributed by atoms with E-state index in [4.69, 9.17) is 27.9 Å². The van der Waals surface area contributed by atoms with Crippen LogP contribution in [0.25, 0.3) is 0 Å². The van der Waals surface area contributed by atoms with Crippen molar-refractivity contribution in [2.75, 3.05) is 11.9 Å². The molecule has 1 heterocycles. The van der Waals surface area contributed by atoms with Crippen LogP contribution in [0.3, 0.4) is 0 Å². The Bertz CT molecular complexity index is 576. The van der Waals surface area contributed by atoms with Crippen molar-refractivity contribution >= 4 is 51.6 Å². The summed E-state index contributed by atoms with van der Waals surface area (Å²) in [5, 5.41) is 3.91. The fourth-order valence-corrected chi connectivity index (χ4v) is 2.25. The molecule has 0 aliphatic carbocycles. The maximum absolute atomic E-state index is 6.08. The number of ether oxygens (including phenoxy) is 1. The molecule has 19 heavy (non-hydrogen) atoms. The quantitative estimate of drug-likeness (QED) is 0.704. The fourth-order valence-electron chi connectivity index (χ4n) is 1.43. The standard InChI is InChI=1S/C13H11Cl2IN2O/c1-2-17-12-10(14)7-11(15)13(18-12)19-9-5-3-8(16)4-6-9/h3-7H,2H2,1H3,(H,17,18). The molecule has 0 fully saturated rings. The average Bonchev–Trinajstić information content (AvgIpc) is 2.38. The Kier molecular flexibility index (Phi) is 5.13. The van der Waals surface area contributed by atoms with Gasteiger partial charge >= 0.3 is 0 Å². The van der Waals surface area contributed by atoms with E-state index in [1.54, 1.807) is 6.07 Å². The number of hydrogen-bond acceptors (Lipinski definition) is 3. The summed E-state index contributed by atoms with van der Waals surface area (Å²) in [7, 11) is 0. The molecule has 6 heteroatoms. The number of nitrogens with zero attached hydrogens (tertiary/aromatic N) is 1. The van der Waals surface area contributed by atoms with Crippen molar-refractivity contribution in [3.8, 4) is 11.6 Å². The molecule has 0 saturated heterocycles. The van der Waals surface area contributed by atoms with Gasteiger partial charge in [0.25, 0.3) is 0 Å². The first kappa shape index (κ1) is 14.7. The molecule has 3 nitrogen and oxygen atoms in total. The topological polar surface area (TPSA) is 34.2 Å². The van der Waals surface area contributed by atoms with Crippen LogP contribution >= 0.6 is 45.8 Å². The van der Waals surface area contributed by atoms with Crippen molar-refractivity contribution in [2.24, 2.45) is 0 Å². The number of halogens is 3. The highest BCUT2D eigenvalue weighted by atomic mass is 127. The number of rotatable bonds is 4. The van der Waals surface area contributed by atoms with Gasteiger partial charge < -0.3 is 10.1 Å². The molecular weight excluding hydrogens is 398 g/mol. The smallest absolute Gasteiger partial charge is 0.240 e. The molecule has 1 aromatic heterocycles. The third-order valence-corrected chi connectivity index (χ3v) is 3.55. The highest BCUT2D eigenvalue weighted by Gasteiger charge is 2.10. The van der Waals surface area contributed by atoms with E-state index in [-0.39, 0.29) is 0 Å². The molecule has 0 radical (unpaired) electrons. The molecule has 1 aromatic carbocycles. The van der Waals surface area contributed by atoms with E-state index in [2.05, 4.69) is 32.9 Å². The summed E-state index contributed by atoms with van der Waals surface area (Å²) in [6.07, 6.45) is 0. The van der Waals surface area contributed by atoms with Gasteiger partial charge in [-0.05, 0) is 59.8 Å². The highest BCUT2D eigenvalue weighted by Crippen LogP contribution is 2.33. The highest BCUT2D eigenvalue weighted by molar-refractivity contribution is 14.1. The van der Waals surface area contributed by atoms with Gasteiger partial charge in [-0.1, -0.05) is 23.2 Å². The van der Waals surface area contributed by atoms with Crippen LogP contribution in [0.15, 0.2) is 30.3 Å². The maximum atomic E-state index is 6.08. The van der Waals surface area contributed by atoms with E-state index in [1.807, 2.05) is 31.2 Å². The van der Waals surface area contributed by atoms with Crippen molar-refractivity contribution in [1.29, 1.82) is 0 Å². The molecule has 0 aliphatic heterocycles. The zero-order valence-corrected chi connectivity index (χ0v) is 13.8. The Hall–Kier alpha value is -0.720. The van der Waals surface area contributed by atoms with Gasteiger partial charge in [-0.3, -0.25) is 0 Å². The second-order valence-corrected chi connectivity index (χ2v) is 5.75. The fraction of sp³-hybridized carbons (Fsp3) is 0.154. The minimum absolute atomic E-state index is 0.336. The lowest BCUT2D eigenvalue weighted by Crippen LogP contribution is -2.01. The molecule has 0 saturated carbocycles. The van der Waals surface area contributed by atoms with Crippen LogP contribution in [0.5, 0.6) is 11.6 Å². The maximum Gasteiger partial charge on any atom is 0.240 e. The molecular formula is C13H11Cl2IN2O. The second kappa shape index (κ2) is 6.63. The minimum Gasteiger partial charge on any atom is -0.437 e. The minimum atomic E-state index is 0.336. The van der Waals surface area contributed by atoms with Crippen LogP contribution in [0.4, 0.5) is 5.82 Å². The molecule has 2 aromatic rings. The van der Waals surface area contributed by atoms with Crippen molar-refractivity contribution in [3.63, 3.8) is 0 Å². The average molecular weight is 409 g/mol. The van der Waals surface area contributed by atoms with E-state index in [1.165, 1.54) is 0 Å². The third-order valence-electron chi connectivity index (χ3n) is 2.27. The number of aromatic nitrogens is 1.